The van der Waals surface area contributed by atoms with Crippen molar-refractivity contribution in [2.24, 2.45) is 0 Å². The second-order valence-electron chi connectivity index (χ2n) is 4.92. The number of methoxy groups -OCH3 is 1. The van der Waals surface area contributed by atoms with Gasteiger partial charge in [-0.3, -0.25) is 14.9 Å². The Labute approximate surface area is 143 Å². The summed E-state index contributed by atoms with van der Waals surface area (Å²) in [5.74, 6) is -0.0861. The Bertz CT molecular complexity index is 749. The van der Waals surface area contributed by atoms with Crippen molar-refractivity contribution < 1.29 is 19.6 Å². The fourth-order valence-corrected chi connectivity index (χ4v) is 2.25. The van der Waals surface area contributed by atoms with E-state index in [1.165, 1.54) is 37.4 Å². The van der Waals surface area contributed by atoms with Crippen LogP contribution in [0.5, 0.6) is 5.75 Å². The first kappa shape index (κ1) is 17.7. The number of amides is 1. The SMILES string of the molecule is COc1ccc(Cl)cc1C(=O)NC[C@@H](O)c1ccc([N+](=O)[O-])cc1. The molecule has 24 heavy (non-hydrogen) atoms. The minimum Gasteiger partial charge on any atom is -0.496 e. The highest BCUT2D eigenvalue weighted by Crippen LogP contribution is 2.23. The first-order valence-electron chi connectivity index (χ1n) is 6.96. The van der Waals surface area contributed by atoms with E-state index in [1.807, 2.05) is 0 Å². The number of carbonyl (C=O) groups is 1. The van der Waals surface area contributed by atoms with Gasteiger partial charge < -0.3 is 15.2 Å². The van der Waals surface area contributed by atoms with Crippen LogP contribution in [-0.2, 0) is 0 Å². The summed E-state index contributed by atoms with van der Waals surface area (Å²) in [6.45, 7) is -0.0632. The van der Waals surface area contributed by atoms with Crippen molar-refractivity contribution in [3.8, 4) is 5.75 Å². The van der Waals surface area contributed by atoms with Gasteiger partial charge in [0.2, 0.25) is 0 Å². The first-order chi connectivity index (χ1) is 11.4. The summed E-state index contributed by atoms with van der Waals surface area (Å²) in [6.07, 6.45) is -1.00. The van der Waals surface area contributed by atoms with Gasteiger partial charge in [-0.05, 0) is 35.9 Å². The van der Waals surface area contributed by atoms with E-state index in [4.69, 9.17) is 16.3 Å². The maximum Gasteiger partial charge on any atom is 0.269 e. The lowest BCUT2D eigenvalue weighted by molar-refractivity contribution is -0.384. The third-order valence-electron chi connectivity index (χ3n) is 3.35. The number of ether oxygens (including phenoxy) is 1. The molecule has 8 heteroatoms. The molecule has 0 aliphatic carbocycles. The number of hydrogen-bond donors (Lipinski definition) is 2. The molecule has 0 aliphatic heterocycles. The zero-order chi connectivity index (χ0) is 17.7. The molecule has 1 atom stereocenters. The Hall–Kier alpha value is -2.64. The smallest absolute Gasteiger partial charge is 0.269 e. The Morgan fingerprint density at radius 2 is 2.00 bits per heavy atom. The molecule has 0 unspecified atom stereocenters. The maximum atomic E-state index is 12.2. The number of carbonyl (C=O) groups excluding carboxylic acids is 1. The summed E-state index contributed by atoms with van der Waals surface area (Å²) in [7, 11) is 1.44. The maximum absolute atomic E-state index is 12.2. The molecule has 0 aliphatic rings. The molecule has 0 radical (unpaired) electrons. The summed E-state index contributed by atoms with van der Waals surface area (Å²) >= 11 is 5.88. The fraction of sp³-hybridized carbons (Fsp3) is 0.188. The van der Waals surface area contributed by atoms with Crippen molar-refractivity contribution in [2.75, 3.05) is 13.7 Å². The van der Waals surface area contributed by atoms with Crippen molar-refractivity contribution >= 4 is 23.2 Å². The molecule has 0 saturated heterocycles. The van der Waals surface area contributed by atoms with Crippen LogP contribution in [0.4, 0.5) is 5.69 Å². The average Bonchev–Trinajstić information content (AvgIpc) is 2.59. The monoisotopic (exact) mass is 350 g/mol. The molecule has 0 bridgehead atoms. The standard InChI is InChI=1S/C16H15ClN2O5/c1-24-15-7-4-11(17)8-13(15)16(21)18-9-14(20)10-2-5-12(6-3-10)19(22)23/h2-8,14,20H,9H2,1H3,(H,18,21)/t14-/m1/s1. The first-order valence-corrected chi connectivity index (χ1v) is 7.34. The summed E-state index contributed by atoms with van der Waals surface area (Å²) < 4.78 is 5.10. The van der Waals surface area contributed by atoms with Crippen LogP contribution in [0.2, 0.25) is 5.02 Å². The molecule has 126 valence electrons. The van der Waals surface area contributed by atoms with Crippen LogP contribution < -0.4 is 10.1 Å². The van der Waals surface area contributed by atoms with Gasteiger partial charge in [0.15, 0.2) is 0 Å². The van der Waals surface area contributed by atoms with Gasteiger partial charge in [-0.15, -0.1) is 0 Å². The highest BCUT2D eigenvalue weighted by atomic mass is 35.5. The van der Waals surface area contributed by atoms with Crippen molar-refractivity contribution in [3.05, 3.63) is 68.7 Å². The molecule has 0 heterocycles. The van der Waals surface area contributed by atoms with Gasteiger partial charge >= 0.3 is 0 Å². The van der Waals surface area contributed by atoms with Crippen molar-refractivity contribution in [3.63, 3.8) is 0 Å². The Kier molecular flexibility index (Phi) is 5.73. The van der Waals surface area contributed by atoms with Crippen LogP contribution in [0.3, 0.4) is 0 Å². The molecule has 2 N–H and O–H groups in total. The van der Waals surface area contributed by atoms with Gasteiger partial charge in [0.25, 0.3) is 11.6 Å². The van der Waals surface area contributed by atoms with Crippen LogP contribution in [0, 0.1) is 10.1 Å². The second-order valence-corrected chi connectivity index (χ2v) is 5.36. The molecular formula is C16H15ClN2O5. The van der Waals surface area contributed by atoms with Crippen molar-refractivity contribution in [2.45, 2.75) is 6.10 Å². The number of aliphatic hydroxyl groups is 1. The second kappa shape index (κ2) is 7.76. The van der Waals surface area contributed by atoms with E-state index in [0.29, 0.717) is 16.3 Å². The van der Waals surface area contributed by atoms with E-state index in [-0.39, 0.29) is 17.8 Å². The molecule has 7 nitrogen and oxygen atoms in total. The molecule has 0 spiro atoms. The fourth-order valence-electron chi connectivity index (χ4n) is 2.08. The van der Waals surface area contributed by atoms with Gasteiger partial charge in [-0.25, -0.2) is 0 Å². The molecule has 1 amide bonds. The lowest BCUT2D eigenvalue weighted by atomic mass is 10.1. The summed E-state index contributed by atoms with van der Waals surface area (Å²) in [5.41, 5.74) is 0.638. The number of nitro groups is 1. The zero-order valence-corrected chi connectivity index (χ0v) is 13.5. The molecule has 0 saturated carbocycles. The van der Waals surface area contributed by atoms with Gasteiger partial charge in [0, 0.05) is 23.7 Å². The van der Waals surface area contributed by atoms with Crippen LogP contribution in [0.1, 0.15) is 22.0 Å². The summed E-state index contributed by atoms with van der Waals surface area (Å²) in [5, 5.41) is 23.7. The molecule has 2 aromatic rings. The number of non-ortho nitro benzene ring substituents is 1. The Morgan fingerprint density at radius 3 is 2.58 bits per heavy atom. The zero-order valence-electron chi connectivity index (χ0n) is 12.7. The number of nitrogens with zero attached hydrogens (tertiary/aromatic N) is 1. The van der Waals surface area contributed by atoms with Gasteiger partial charge in [-0.1, -0.05) is 11.6 Å². The number of rotatable bonds is 6. The minimum atomic E-state index is -1.00. The number of nitro benzene ring substituents is 1. The van der Waals surface area contributed by atoms with Crippen LogP contribution in [0.15, 0.2) is 42.5 Å². The number of hydrogen-bond acceptors (Lipinski definition) is 5. The van der Waals surface area contributed by atoms with Crippen LogP contribution in [-0.4, -0.2) is 29.6 Å². The normalized spacial score (nSPS) is 11.6. The quantitative estimate of drug-likeness (QED) is 0.616. The highest BCUT2D eigenvalue weighted by molar-refractivity contribution is 6.31. The molecule has 0 fully saturated rings. The average molecular weight is 351 g/mol. The van der Waals surface area contributed by atoms with Crippen molar-refractivity contribution in [1.82, 2.24) is 5.32 Å². The predicted octanol–water partition coefficient (Wildman–Crippen LogP) is 2.72. The highest BCUT2D eigenvalue weighted by Gasteiger charge is 2.16. The Morgan fingerprint density at radius 1 is 1.33 bits per heavy atom. The molecule has 0 aromatic heterocycles. The van der Waals surface area contributed by atoms with Gasteiger partial charge in [-0.2, -0.15) is 0 Å². The van der Waals surface area contributed by atoms with E-state index >= 15 is 0 Å². The predicted molar refractivity (Wildman–Crippen MR) is 88.4 cm³/mol. The molecule has 2 rings (SSSR count). The lowest BCUT2D eigenvalue weighted by Gasteiger charge is -2.13. The number of halogens is 1. The van der Waals surface area contributed by atoms with E-state index in [1.54, 1.807) is 12.1 Å². The van der Waals surface area contributed by atoms with Crippen molar-refractivity contribution in [1.29, 1.82) is 0 Å². The third-order valence-corrected chi connectivity index (χ3v) is 3.59. The molecular weight excluding hydrogens is 336 g/mol. The van der Waals surface area contributed by atoms with E-state index in [2.05, 4.69) is 5.32 Å². The van der Waals surface area contributed by atoms with Gasteiger partial charge in [0.1, 0.15) is 5.75 Å². The minimum absolute atomic E-state index is 0.0632. The lowest BCUT2D eigenvalue weighted by Crippen LogP contribution is -2.28. The summed E-state index contributed by atoms with van der Waals surface area (Å²) in [4.78, 5) is 22.3. The van der Waals surface area contributed by atoms with E-state index < -0.39 is 16.9 Å². The van der Waals surface area contributed by atoms with Gasteiger partial charge in [0.05, 0.1) is 23.7 Å². The number of aliphatic hydroxyl groups excluding tert-OH is 1. The van der Waals surface area contributed by atoms with E-state index in [9.17, 15) is 20.0 Å². The van der Waals surface area contributed by atoms with Crippen LogP contribution >= 0.6 is 11.6 Å². The van der Waals surface area contributed by atoms with Crippen LogP contribution in [0.25, 0.3) is 0 Å². The van der Waals surface area contributed by atoms with E-state index in [0.717, 1.165) is 0 Å². The Balaban J connectivity index is 2.03. The summed E-state index contributed by atoms with van der Waals surface area (Å²) in [6, 6.07) is 10.1. The molecule has 2 aromatic carbocycles. The third kappa shape index (κ3) is 4.21. The number of nitrogens with one attached hydrogen (secondary N) is 1. The largest absolute Gasteiger partial charge is 0.496 e. The number of benzene rings is 2. The topological polar surface area (TPSA) is 102 Å².